The van der Waals surface area contributed by atoms with Crippen LogP contribution < -0.4 is 16.8 Å². The molecule has 0 aliphatic rings. The SMILES string of the molecule is CCOC(=O)CC[C@@H](NC(=O)c1ccc(CCCc2c[nH]c3nc(N)nc(N)c23)c(Cl)c1)C(=O)OCC. The van der Waals surface area contributed by atoms with Gasteiger partial charge in [0.25, 0.3) is 5.91 Å². The van der Waals surface area contributed by atoms with Crippen LogP contribution >= 0.6 is 11.6 Å². The van der Waals surface area contributed by atoms with Gasteiger partial charge in [0.15, 0.2) is 0 Å². The van der Waals surface area contributed by atoms with Crippen molar-refractivity contribution in [1.29, 1.82) is 0 Å². The lowest BCUT2D eigenvalue weighted by Crippen LogP contribution is -2.42. The summed E-state index contributed by atoms with van der Waals surface area (Å²) in [5.74, 6) is -1.12. The number of rotatable bonds is 12. The van der Waals surface area contributed by atoms with E-state index in [0.717, 1.165) is 22.9 Å². The number of nitrogens with two attached hydrogens (primary N) is 2. The van der Waals surface area contributed by atoms with Gasteiger partial charge in [0.2, 0.25) is 5.95 Å². The summed E-state index contributed by atoms with van der Waals surface area (Å²) in [6.07, 6.45) is 4.00. The van der Waals surface area contributed by atoms with E-state index in [1.165, 1.54) is 0 Å². The van der Waals surface area contributed by atoms with Gasteiger partial charge in [0.05, 0.1) is 18.6 Å². The zero-order chi connectivity index (χ0) is 26.9. The molecule has 198 valence electrons. The Morgan fingerprint density at radius 2 is 1.81 bits per heavy atom. The van der Waals surface area contributed by atoms with Crippen molar-refractivity contribution < 1.29 is 23.9 Å². The number of ether oxygens (including phenoxy) is 2. The molecular weight excluding hydrogens is 500 g/mol. The summed E-state index contributed by atoms with van der Waals surface area (Å²) < 4.78 is 9.93. The molecule has 3 rings (SSSR count). The van der Waals surface area contributed by atoms with E-state index in [-0.39, 0.29) is 32.0 Å². The Morgan fingerprint density at radius 1 is 1.08 bits per heavy atom. The summed E-state index contributed by atoms with van der Waals surface area (Å²) in [6.45, 7) is 3.74. The number of halogens is 1. The van der Waals surface area contributed by atoms with Gasteiger partial charge in [0, 0.05) is 23.2 Å². The third kappa shape index (κ3) is 7.32. The van der Waals surface area contributed by atoms with E-state index in [0.29, 0.717) is 34.9 Å². The summed E-state index contributed by atoms with van der Waals surface area (Å²) in [7, 11) is 0. The number of carbonyl (C=O) groups excluding carboxylic acids is 3. The average Bonchev–Trinajstić information content (AvgIpc) is 3.25. The van der Waals surface area contributed by atoms with Gasteiger partial charge < -0.3 is 31.2 Å². The van der Waals surface area contributed by atoms with E-state index in [1.807, 2.05) is 6.20 Å². The number of esters is 2. The van der Waals surface area contributed by atoms with E-state index in [1.54, 1.807) is 32.0 Å². The molecule has 0 aliphatic carbocycles. The minimum absolute atomic E-state index is 0.0289. The molecule has 0 bridgehead atoms. The monoisotopic (exact) mass is 530 g/mol. The largest absolute Gasteiger partial charge is 0.466 e. The first-order valence-electron chi connectivity index (χ1n) is 12.0. The van der Waals surface area contributed by atoms with Gasteiger partial charge in [-0.15, -0.1) is 0 Å². The number of aryl methyl sites for hydroxylation is 2. The summed E-state index contributed by atoms with van der Waals surface area (Å²) in [5, 5.41) is 3.82. The molecule has 2 aromatic heterocycles. The van der Waals surface area contributed by atoms with Crippen LogP contribution in [0.4, 0.5) is 11.8 Å². The highest BCUT2D eigenvalue weighted by molar-refractivity contribution is 6.31. The average molecular weight is 531 g/mol. The molecule has 0 aliphatic heterocycles. The molecule has 6 N–H and O–H groups in total. The van der Waals surface area contributed by atoms with Crippen molar-refractivity contribution in [2.45, 2.75) is 52.0 Å². The van der Waals surface area contributed by atoms with Crippen LogP contribution in [0, 0.1) is 0 Å². The Morgan fingerprint density at radius 3 is 2.51 bits per heavy atom. The lowest BCUT2D eigenvalue weighted by molar-refractivity contribution is -0.146. The van der Waals surface area contributed by atoms with Gasteiger partial charge in [-0.25, -0.2) is 4.79 Å². The van der Waals surface area contributed by atoms with Gasteiger partial charge in [-0.1, -0.05) is 17.7 Å². The van der Waals surface area contributed by atoms with E-state index < -0.39 is 23.9 Å². The Kier molecular flexibility index (Phi) is 9.67. The Hall–Kier alpha value is -3.86. The first-order valence-corrected chi connectivity index (χ1v) is 12.4. The molecule has 1 amide bonds. The lowest BCUT2D eigenvalue weighted by atomic mass is 10.0. The fraction of sp³-hybridized carbons (Fsp3) is 0.400. The summed E-state index contributed by atoms with van der Waals surface area (Å²) in [4.78, 5) is 48.1. The van der Waals surface area contributed by atoms with Crippen molar-refractivity contribution >= 4 is 52.2 Å². The number of nitrogen functional groups attached to an aromatic ring is 2. The first kappa shape index (κ1) is 27.7. The topological polar surface area (TPSA) is 175 Å². The zero-order valence-corrected chi connectivity index (χ0v) is 21.6. The first-order chi connectivity index (χ1) is 17.7. The third-order valence-corrected chi connectivity index (χ3v) is 6.04. The normalized spacial score (nSPS) is 11.8. The van der Waals surface area contributed by atoms with Crippen LogP contribution in [0.5, 0.6) is 0 Å². The number of hydrogen-bond acceptors (Lipinski definition) is 9. The molecule has 0 radical (unpaired) electrons. The number of nitrogens with zero attached hydrogens (tertiary/aromatic N) is 2. The molecule has 0 fully saturated rings. The van der Waals surface area contributed by atoms with Gasteiger partial charge >= 0.3 is 11.9 Å². The predicted molar refractivity (Wildman–Crippen MR) is 140 cm³/mol. The van der Waals surface area contributed by atoms with Gasteiger partial charge in [-0.2, -0.15) is 9.97 Å². The highest BCUT2D eigenvalue weighted by Crippen LogP contribution is 2.25. The molecule has 3 aromatic rings. The Balaban J connectivity index is 1.61. The number of H-pyrrole nitrogens is 1. The van der Waals surface area contributed by atoms with Crippen molar-refractivity contribution in [3.8, 4) is 0 Å². The maximum absolute atomic E-state index is 12.8. The van der Waals surface area contributed by atoms with Crippen LogP contribution in [0.3, 0.4) is 0 Å². The van der Waals surface area contributed by atoms with E-state index in [2.05, 4.69) is 20.3 Å². The lowest BCUT2D eigenvalue weighted by Gasteiger charge is -2.17. The Bertz CT molecular complexity index is 1280. The zero-order valence-electron chi connectivity index (χ0n) is 20.8. The fourth-order valence-corrected chi connectivity index (χ4v) is 4.21. The van der Waals surface area contributed by atoms with Gasteiger partial charge in [-0.05, 0) is 62.8 Å². The van der Waals surface area contributed by atoms with Crippen molar-refractivity contribution in [2.24, 2.45) is 0 Å². The highest BCUT2D eigenvalue weighted by atomic mass is 35.5. The maximum atomic E-state index is 12.8. The second kappa shape index (κ2) is 12.9. The number of hydrogen-bond donors (Lipinski definition) is 4. The summed E-state index contributed by atoms with van der Waals surface area (Å²) in [5.41, 5.74) is 14.4. The molecule has 11 nitrogen and oxygen atoms in total. The van der Waals surface area contributed by atoms with E-state index >= 15 is 0 Å². The molecule has 1 aromatic carbocycles. The second-order valence-corrected chi connectivity index (χ2v) is 8.69. The molecule has 37 heavy (non-hydrogen) atoms. The number of benzene rings is 1. The fourth-order valence-electron chi connectivity index (χ4n) is 3.93. The Labute approximate surface area is 219 Å². The number of nitrogens with one attached hydrogen (secondary N) is 2. The van der Waals surface area contributed by atoms with Gasteiger partial charge in [-0.3, -0.25) is 9.59 Å². The van der Waals surface area contributed by atoms with Crippen LogP contribution in [-0.2, 0) is 31.9 Å². The van der Waals surface area contributed by atoms with Crippen LogP contribution in [-0.4, -0.2) is 52.1 Å². The minimum Gasteiger partial charge on any atom is -0.466 e. The van der Waals surface area contributed by atoms with E-state index in [9.17, 15) is 14.4 Å². The smallest absolute Gasteiger partial charge is 0.328 e. The molecule has 0 unspecified atom stereocenters. The second-order valence-electron chi connectivity index (χ2n) is 8.29. The molecule has 12 heteroatoms. The van der Waals surface area contributed by atoms with E-state index in [4.69, 9.17) is 32.5 Å². The third-order valence-electron chi connectivity index (χ3n) is 5.68. The predicted octanol–water partition coefficient (Wildman–Crippen LogP) is 2.96. The standard InChI is InChI=1S/C25H31ClN6O5/c1-3-36-19(33)11-10-18(24(35)37-4-2)30-23(34)15-9-8-14(17(26)12-15)6-5-7-16-13-29-22-20(16)21(27)31-25(28)32-22/h8-9,12-13,18H,3-7,10-11H2,1-2H3,(H,30,34)(H5,27,28,29,31,32)/t18-/m1/s1. The minimum atomic E-state index is -0.988. The molecule has 1 atom stereocenters. The molecule has 0 spiro atoms. The number of fused-ring (bicyclic) bond motifs is 1. The van der Waals surface area contributed by atoms with Crippen LogP contribution in [0.15, 0.2) is 24.4 Å². The molecule has 2 heterocycles. The summed E-state index contributed by atoms with van der Waals surface area (Å²) >= 11 is 6.47. The van der Waals surface area contributed by atoms with Crippen LogP contribution in [0.25, 0.3) is 11.0 Å². The van der Waals surface area contributed by atoms with Crippen molar-refractivity contribution in [3.63, 3.8) is 0 Å². The molecule has 0 saturated carbocycles. The molecular formula is C25H31ClN6O5. The number of carbonyl (C=O) groups is 3. The van der Waals surface area contributed by atoms with Crippen molar-refractivity contribution in [1.82, 2.24) is 20.3 Å². The van der Waals surface area contributed by atoms with Gasteiger partial charge in [0.1, 0.15) is 17.5 Å². The number of amides is 1. The van der Waals surface area contributed by atoms with Crippen molar-refractivity contribution in [3.05, 3.63) is 46.1 Å². The maximum Gasteiger partial charge on any atom is 0.328 e. The van der Waals surface area contributed by atoms with Crippen LogP contribution in [0.1, 0.15) is 54.6 Å². The molecule has 0 saturated heterocycles. The number of aromatic amines is 1. The quantitative estimate of drug-likeness (QED) is 0.256. The van der Waals surface area contributed by atoms with Crippen LogP contribution in [0.2, 0.25) is 5.02 Å². The van der Waals surface area contributed by atoms with Crippen molar-refractivity contribution in [2.75, 3.05) is 24.7 Å². The number of anilines is 2. The summed E-state index contributed by atoms with van der Waals surface area (Å²) in [6, 6.07) is 3.99. The number of aromatic nitrogens is 3. The highest BCUT2D eigenvalue weighted by Gasteiger charge is 2.24.